The number of ether oxygens (including phenoxy) is 2. The first-order valence-electron chi connectivity index (χ1n) is 7.61. The van der Waals surface area contributed by atoms with E-state index >= 15 is 0 Å². The van der Waals surface area contributed by atoms with E-state index in [2.05, 4.69) is 0 Å². The number of halogens is 3. The first-order valence-corrected chi connectivity index (χ1v) is 7.61. The Hall–Kier alpha value is -3.33. The lowest BCUT2D eigenvalue weighted by Crippen LogP contribution is -2.19. The lowest BCUT2D eigenvalue weighted by atomic mass is 10.2. The number of fused-ring (bicyclic) bond motifs is 1. The van der Waals surface area contributed by atoms with Crippen LogP contribution in [0.4, 0.5) is 13.2 Å². The summed E-state index contributed by atoms with van der Waals surface area (Å²) in [5.74, 6) is -3.43. The van der Waals surface area contributed by atoms with Crippen LogP contribution in [0.25, 0.3) is 11.0 Å². The van der Waals surface area contributed by atoms with Crippen molar-refractivity contribution < 1.29 is 31.9 Å². The predicted molar refractivity (Wildman–Crippen MR) is 88.7 cm³/mol. The van der Waals surface area contributed by atoms with Gasteiger partial charge in [0.05, 0.1) is 11.9 Å². The number of nitrogens with two attached hydrogens (primary N) is 1. The SMILES string of the molecule is NCC(=O)Oc1ccc2c(=O)c(Oc3ccccc3)c(C(F)(F)F)oc2c1. The van der Waals surface area contributed by atoms with E-state index in [1.54, 1.807) is 18.2 Å². The van der Waals surface area contributed by atoms with E-state index in [0.29, 0.717) is 0 Å². The van der Waals surface area contributed by atoms with E-state index < -0.39 is 41.2 Å². The van der Waals surface area contributed by atoms with Crippen LogP contribution in [0.2, 0.25) is 0 Å². The highest BCUT2D eigenvalue weighted by Gasteiger charge is 2.40. The molecular formula is C18H12F3NO5. The second kappa shape index (κ2) is 7.12. The first-order chi connectivity index (χ1) is 12.8. The summed E-state index contributed by atoms with van der Waals surface area (Å²) in [5, 5.41) is -0.165. The maximum Gasteiger partial charge on any atom is 0.453 e. The van der Waals surface area contributed by atoms with Crippen molar-refractivity contribution in [1.29, 1.82) is 0 Å². The highest BCUT2D eigenvalue weighted by atomic mass is 19.4. The van der Waals surface area contributed by atoms with E-state index in [-0.39, 0.29) is 16.9 Å². The molecule has 2 N–H and O–H groups in total. The number of esters is 1. The van der Waals surface area contributed by atoms with E-state index in [1.165, 1.54) is 24.3 Å². The molecule has 6 nitrogen and oxygen atoms in total. The average molecular weight is 379 g/mol. The van der Waals surface area contributed by atoms with E-state index in [9.17, 15) is 22.8 Å². The number of para-hydroxylation sites is 1. The molecule has 2 aromatic carbocycles. The number of hydrogen-bond acceptors (Lipinski definition) is 6. The van der Waals surface area contributed by atoms with Gasteiger partial charge in [0, 0.05) is 6.07 Å². The Labute approximate surface area is 149 Å². The molecule has 0 spiro atoms. The molecule has 0 fully saturated rings. The molecule has 0 aliphatic heterocycles. The van der Waals surface area contributed by atoms with Gasteiger partial charge in [-0.3, -0.25) is 9.59 Å². The second-order valence-electron chi connectivity index (χ2n) is 5.34. The number of hydrogen-bond donors (Lipinski definition) is 1. The Morgan fingerprint density at radius 3 is 2.41 bits per heavy atom. The lowest BCUT2D eigenvalue weighted by molar-refractivity contribution is -0.154. The number of carbonyl (C=O) groups excluding carboxylic acids is 1. The Morgan fingerprint density at radius 1 is 1.07 bits per heavy atom. The number of rotatable bonds is 4. The van der Waals surface area contributed by atoms with E-state index in [0.717, 1.165) is 6.07 Å². The minimum absolute atomic E-state index is 0.0446. The zero-order valence-corrected chi connectivity index (χ0v) is 13.6. The maximum absolute atomic E-state index is 13.4. The van der Waals surface area contributed by atoms with Crippen molar-refractivity contribution in [3.05, 3.63) is 64.5 Å². The Balaban J connectivity index is 2.17. The van der Waals surface area contributed by atoms with Crippen LogP contribution in [-0.2, 0) is 11.0 Å². The van der Waals surface area contributed by atoms with Crippen molar-refractivity contribution in [3.63, 3.8) is 0 Å². The van der Waals surface area contributed by atoms with Crippen molar-refractivity contribution in [1.82, 2.24) is 0 Å². The van der Waals surface area contributed by atoms with Crippen LogP contribution < -0.4 is 20.6 Å². The van der Waals surface area contributed by atoms with Gasteiger partial charge < -0.3 is 19.6 Å². The molecule has 0 saturated carbocycles. The molecule has 0 aliphatic rings. The van der Waals surface area contributed by atoms with Crippen LogP contribution in [-0.4, -0.2) is 12.5 Å². The normalized spacial score (nSPS) is 11.4. The Kier molecular flexibility index (Phi) is 4.87. The maximum atomic E-state index is 13.4. The van der Waals surface area contributed by atoms with Crippen LogP contribution >= 0.6 is 0 Å². The predicted octanol–water partition coefficient (Wildman–Crippen LogP) is 3.47. The molecule has 0 bridgehead atoms. The van der Waals surface area contributed by atoms with Gasteiger partial charge in [-0.25, -0.2) is 0 Å². The fourth-order valence-electron chi connectivity index (χ4n) is 2.28. The molecule has 3 aromatic rings. The van der Waals surface area contributed by atoms with Crippen molar-refractivity contribution in [2.45, 2.75) is 6.18 Å². The summed E-state index contributed by atoms with van der Waals surface area (Å²) in [6.07, 6.45) is -4.98. The van der Waals surface area contributed by atoms with Gasteiger partial charge in [-0.05, 0) is 24.3 Å². The molecule has 1 aromatic heterocycles. The van der Waals surface area contributed by atoms with Gasteiger partial charge in [-0.2, -0.15) is 13.2 Å². The van der Waals surface area contributed by atoms with Crippen LogP contribution in [0.1, 0.15) is 5.76 Å². The molecule has 1 heterocycles. The Bertz CT molecular complexity index is 1040. The minimum Gasteiger partial charge on any atom is -0.449 e. The van der Waals surface area contributed by atoms with Crippen molar-refractivity contribution in [2.75, 3.05) is 6.54 Å². The smallest absolute Gasteiger partial charge is 0.449 e. The third-order valence-electron chi connectivity index (χ3n) is 3.44. The topological polar surface area (TPSA) is 91.8 Å². The van der Waals surface area contributed by atoms with Gasteiger partial charge in [-0.15, -0.1) is 0 Å². The zero-order valence-electron chi connectivity index (χ0n) is 13.6. The lowest BCUT2D eigenvalue weighted by Gasteiger charge is -2.13. The number of alkyl halides is 3. The summed E-state index contributed by atoms with van der Waals surface area (Å²) in [5.41, 5.74) is 3.70. The molecule has 0 radical (unpaired) electrons. The molecule has 0 aliphatic carbocycles. The summed E-state index contributed by atoms with van der Waals surface area (Å²) in [6, 6.07) is 11.0. The fraction of sp³-hybridized carbons (Fsp3) is 0.111. The standard InChI is InChI=1S/C18H12F3NO5/c19-18(20,21)17-16(26-10-4-2-1-3-5-10)15(24)12-7-6-11(8-13(12)27-17)25-14(23)9-22/h1-8H,9,22H2. The molecule has 9 heteroatoms. The van der Waals surface area contributed by atoms with Gasteiger partial charge in [0.1, 0.15) is 17.1 Å². The molecule has 0 saturated heterocycles. The van der Waals surface area contributed by atoms with Gasteiger partial charge in [0.15, 0.2) is 0 Å². The van der Waals surface area contributed by atoms with Gasteiger partial charge in [0.2, 0.25) is 11.2 Å². The molecule has 140 valence electrons. The first kappa shape index (κ1) is 18.5. The van der Waals surface area contributed by atoms with Crippen LogP contribution in [0.3, 0.4) is 0 Å². The third-order valence-corrected chi connectivity index (χ3v) is 3.44. The molecular weight excluding hydrogens is 367 g/mol. The summed E-state index contributed by atoms with van der Waals surface area (Å²) in [7, 11) is 0. The van der Waals surface area contributed by atoms with Crippen LogP contribution in [0, 0.1) is 0 Å². The van der Waals surface area contributed by atoms with Gasteiger partial charge in [0.25, 0.3) is 5.76 Å². The summed E-state index contributed by atoms with van der Waals surface area (Å²) >= 11 is 0. The monoisotopic (exact) mass is 379 g/mol. The number of benzene rings is 2. The van der Waals surface area contributed by atoms with Crippen molar-refractivity contribution in [2.24, 2.45) is 5.73 Å². The molecule has 27 heavy (non-hydrogen) atoms. The highest BCUT2D eigenvalue weighted by molar-refractivity contribution is 5.81. The van der Waals surface area contributed by atoms with Gasteiger partial charge in [-0.1, -0.05) is 18.2 Å². The van der Waals surface area contributed by atoms with Crippen LogP contribution in [0.15, 0.2) is 57.7 Å². The van der Waals surface area contributed by atoms with Crippen molar-refractivity contribution in [3.8, 4) is 17.2 Å². The zero-order chi connectivity index (χ0) is 19.6. The number of carbonyl (C=O) groups is 1. The largest absolute Gasteiger partial charge is 0.453 e. The van der Waals surface area contributed by atoms with E-state index in [1.807, 2.05) is 0 Å². The van der Waals surface area contributed by atoms with Crippen LogP contribution in [0.5, 0.6) is 17.2 Å². The Morgan fingerprint density at radius 2 is 1.78 bits per heavy atom. The minimum atomic E-state index is -4.98. The average Bonchev–Trinajstić information content (AvgIpc) is 2.63. The fourth-order valence-corrected chi connectivity index (χ4v) is 2.28. The summed E-state index contributed by atoms with van der Waals surface area (Å²) in [4.78, 5) is 23.8. The highest BCUT2D eigenvalue weighted by Crippen LogP contribution is 2.38. The third kappa shape index (κ3) is 3.93. The summed E-state index contributed by atoms with van der Waals surface area (Å²) < 4.78 is 55.1. The quantitative estimate of drug-likeness (QED) is 0.551. The molecule has 0 atom stereocenters. The molecule has 0 unspecified atom stereocenters. The summed E-state index contributed by atoms with van der Waals surface area (Å²) in [6.45, 7) is -0.417. The van der Waals surface area contributed by atoms with E-state index in [4.69, 9.17) is 19.6 Å². The second-order valence-corrected chi connectivity index (χ2v) is 5.34. The van der Waals surface area contributed by atoms with Gasteiger partial charge >= 0.3 is 12.1 Å². The molecule has 3 rings (SSSR count). The molecule has 0 amide bonds. The van der Waals surface area contributed by atoms with Crippen molar-refractivity contribution >= 4 is 16.9 Å².